The van der Waals surface area contributed by atoms with Crippen LogP contribution in [0.15, 0.2) is 51.1 Å². The van der Waals surface area contributed by atoms with E-state index >= 15 is 0 Å². The molecule has 1 N–H and O–H groups in total. The molecule has 166 valence electrons. The summed E-state index contributed by atoms with van der Waals surface area (Å²) in [6.07, 6.45) is 0.603. The molecule has 1 heterocycles. The first-order valence-corrected chi connectivity index (χ1v) is 9.64. The number of ether oxygens (including phenoxy) is 2. The van der Waals surface area contributed by atoms with Gasteiger partial charge in [-0.1, -0.05) is 23.7 Å². The topological polar surface area (TPSA) is 146 Å². The average molecular weight is 461 g/mol. The first-order chi connectivity index (χ1) is 15.2. The zero-order valence-corrected chi connectivity index (χ0v) is 17.7. The SMILES string of the molecule is CC(C)OC(=O)COc1c(C=Nn2c(=O)[nH]c3ccccc3c2=O)cc(Cl)cc1[N+](=O)[O-]. The fraction of sp³-hybridized carbons (Fsp3) is 0.200. The number of nitrogens with zero attached hydrogens (tertiary/aromatic N) is 3. The Hall–Kier alpha value is -3.99. The summed E-state index contributed by atoms with van der Waals surface area (Å²) in [5.41, 5.74) is -1.73. The van der Waals surface area contributed by atoms with Crippen LogP contribution in [0.1, 0.15) is 19.4 Å². The molecule has 0 radical (unpaired) electrons. The number of benzene rings is 2. The van der Waals surface area contributed by atoms with Crippen molar-refractivity contribution in [2.24, 2.45) is 5.10 Å². The van der Waals surface area contributed by atoms with Crippen molar-refractivity contribution >= 4 is 40.4 Å². The number of hydrogen-bond acceptors (Lipinski definition) is 8. The highest BCUT2D eigenvalue weighted by Gasteiger charge is 2.22. The molecule has 0 saturated carbocycles. The van der Waals surface area contributed by atoms with Gasteiger partial charge in [-0.2, -0.15) is 5.10 Å². The number of rotatable bonds is 7. The molecule has 0 bridgehead atoms. The molecule has 0 saturated heterocycles. The van der Waals surface area contributed by atoms with Crippen molar-refractivity contribution in [2.75, 3.05) is 6.61 Å². The molecule has 12 heteroatoms. The second kappa shape index (κ2) is 9.43. The first kappa shape index (κ1) is 22.7. The minimum atomic E-state index is -0.815. The number of nitro benzene ring substituents is 1. The Morgan fingerprint density at radius 3 is 2.72 bits per heavy atom. The molecule has 0 fully saturated rings. The largest absolute Gasteiger partial charge is 0.474 e. The number of aromatic nitrogens is 2. The third-order valence-electron chi connectivity index (χ3n) is 4.06. The molecular weight excluding hydrogens is 444 g/mol. The van der Waals surface area contributed by atoms with Gasteiger partial charge in [-0.05, 0) is 32.0 Å². The predicted octanol–water partition coefficient (Wildman–Crippen LogP) is 2.46. The Bertz CT molecular complexity index is 1340. The maximum atomic E-state index is 12.6. The van der Waals surface area contributed by atoms with Crippen LogP contribution in [-0.4, -0.2) is 39.5 Å². The van der Waals surface area contributed by atoms with Crippen molar-refractivity contribution in [1.82, 2.24) is 9.66 Å². The smallest absolute Gasteiger partial charge is 0.349 e. The number of fused-ring (bicyclic) bond motifs is 1. The third-order valence-corrected chi connectivity index (χ3v) is 4.28. The van der Waals surface area contributed by atoms with Crippen molar-refractivity contribution in [3.8, 4) is 5.75 Å². The van der Waals surface area contributed by atoms with Gasteiger partial charge in [-0.3, -0.25) is 14.9 Å². The molecule has 0 amide bonds. The highest BCUT2D eigenvalue weighted by molar-refractivity contribution is 6.31. The molecule has 0 atom stereocenters. The van der Waals surface area contributed by atoms with E-state index in [-0.39, 0.29) is 21.7 Å². The van der Waals surface area contributed by atoms with E-state index in [1.807, 2.05) is 0 Å². The summed E-state index contributed by atoms with van der Waals surface area (Å²) in [4.78, 5) is 50.0. The Kier molecular flexibility index (Phi) is 6.69. The number of carbonyl (C=O) groups is 1. The van der Waals surface area contributed by atoms with Crippen LogP contribution in [0, 0.1) is 10.1 Å². The van der Waals surface area contributed by atoms with Crippen LogP contribution in [0.2, 0.25) is 5.02 Å². The van der Waals surface area contributed by atoms with Gasteiger partial charge in [-0.25, -0.2) is 9.59 Å². The lowest BCUT2D eigenvalue weighted by molar-refractivity contribution is -0.385. The first-order valence-electron chi connectivity index (χ1n) is 9.26. The second-order valence-electron chi connectivity index (χ2n) is 6.76. The van der Waals surface area contributed by atoms with Gasteiger partial charge in [0.05, 0.1) is 28.1 Å². The monoisotopic (exact) mass is 460 g/mol. The number of nitro groups is 1. The number of aromatic amines is 1. The number of H-pyrrole nitrogens is 1. The predicted molar refractivity (Wildman–Crippen MR) is 117 cm³/mol. The van der Waals surface area contributed by atoms with E-state index in [0.29, 0.717) is 10.2 Å². The number of halogens is 1. The highest BCUT2D eigenvalue weighted by atomic mass is 35.5. The third kappa shape index (κ3) is 5.01. The minimum Gasteiger partial charge on any atom is -0.474 e. The molecule has 2 aromatic carbocycles. The summed E-state index contributed by atoms with van der Waals surface area (Å²) in [6.45, 7) is 2.66. The lowest BCUT2D eigenvalue weighted by atomic mass is 10.2. The molecule has 32 heavy (non-hydrogen) atoms. The van der Waals surface area contributed by atoms with Gasteiger partial charge in [-0.15, -0.1) is 4.68 Å². The Morgan fingerprint density at radius 1 is 1.31 bits per heavy atom. The number of esters is 1. The quantitative estimate of drug-likeness (QED) is 0.246. The summed E-state index contributed by atoms with van der Waals surface area (Å²) in [7, 11) is 0. The summed E-state index contributed by atoms with van der Waals surface area (Å²) < 4.78 is 10.8. The lowest BCUT2D eigenvalue weighted by Crippen LogP contribution is -2.32. The maximum Gasteiger partial charge on any atom is 0.349 e. The number of nitrogens with one attached hydrogen (secondary N) is 1. The Morgan fingerprint density at radius 2 is 2.03 bits per heavy atom. The van der Waals surface area contributed by atoms with Crippen molar-refractivity contribution in [1.29, 1.82) is 0 Å². The van der Waals surface area contributed by atoms with Crippen LogP contribution in [-0.2, 0) is 9.53 Å². The van der Waals surface area contributed by atoms with Gasteiger partial charge in [0, 0.05) is 16.7 Å². The molecule has 0 unspecified atom stereocenters. The number of para-hydroxylation sites is 1. The lowest BCUT2D eigenvalue weighted by Gasteiger charge is -2.11. The standard InChI is InChI=1S/C20H17ClN4O7/c1-11(2)32-17(26)10-31-18-12(7-13(21)8-16(18)25(29)30)9-22-24-19(27)14-5-3-4-6-15(14)23-20(24)28/h3-9,11H,10H2,1-2H3,(H,23,28). The van der Waals surface area contributed by atoms with E-state index in [1.165, 1.54) is 12.1 Å². The van der Waals surface area contributed by atoms with Gasteiger partial charge in [0.1, 0.15) is 0 Å². The molecule has 0 aliphatic rings. The van der Waals surface area contributed by atoms with E-state index in [1.54, 1.807) is 32.0 Å². The van der Waals surface area contributed by atoms with E-state index in [2.05, 4.69) is 10.1 Å². The van der Waals surface area contributed by atoms with Crippen molar-refractivity contribution in [3.63, 3.8) is 0 Å². The number of carbonyl (C=O) groups excluding carboxylic acids is 1. The molecule has 3 aromatic rings. The summed E-state index contributed by atoms with van der Waals surface area (Å²) in [6, 6.07) is 8.68. The van der Waals surface area contributed by atoms with Crippen molar-refractivity contribution in [2.45, 2.75) is 20.0 Å². The normalized spacial score (nSPS) is 11.2. The fourth-order valence-electron chi connectivity index (χ4n) is 2.79. The van der Waals surface area contributed by atoms with Crippen LogP contribution in [0.5, 0.6) is 5.75 Å². The van der Waals surface area contributed by atoms with E-state index < -0.39 is 40.5 Å². The summed E-state index contributed by atoms with van der Waals surface area (Å²) in [5, 5.41) is 15.5. The van der Waals surface area contributed by atoms with E-state index in [0.717, 1.165) is 12.3 Å². The van der Waals surface area contributed by atoms with Crippen LogP contribution in [0.4, 0.5) is 5.69 Å². The summed E-state index contributed by atoms with van der Waals surface area (Å²) >= 11 is 5.97. The zero-order valence-electron chi connectivity index (χ0n) is 16.9. The highest BCUT2D eigenvalue weighted by Crippen LogP contribution is 2.33. The molecule has 3 rings (SSSR count). The van der Waals surface area contributed by atoms with Gasteiger partial charge < -0.3 is 14.5 Å². The van der Waals surface area contributed by atoms with Crippen LogP contribution in [0.3, 0.4) is 0 Å². The number of hydrogen-bond donors (Lipinski definition) is 1. The van der Waals surface area contributed by atoms with Crippen molar-refractivity contribution in [3.05, 3.63) is 77.9 Å². The molecule has 0 aliphatic carbocycles. The minimum absolute atomic E-state index is 0.0185. The van der Waals surface area contributed by atoms with Gasteiger partial charge in [0.2, 0.25) is 5.75 Å². The Balaban J connectivity index is 2.06. The molecule has 0 spiro atoms. The Labute approximate surface area is 185 Å². The molecule has 0 aliphatic heterocycles. The van der Waals surface area contributed by atoms with Crippen LogP contribution in [0.25, 0.3) is 10.9 Å². The zero-order chi connectivity index (χ0) is 23.4. The maximum absolute atomic E-state index is 12.6. The fourth-order valence-corrected chi connectivity index (χ4v) is 3.02. The van der Waals surface area contributed by atoms with E-state index in [4.69, 9.17) is 21.1 Å². The van der Waals surface area contributed by atoms with E-state index in [9.17, 15) is 24.5 Å². The second-order valence-corrected chi connectivity index (χ2v) is 7.20. The molecule has 1 aromatic heterocycles. The van der Waals surface area contributed by atoms with Crippen LogP contribution < -0.4 is 16.0 Å². The van der Waals surface area contributed by atoms with Crippen LogP contribution >= 0.6 is 11.6 Å². The van der Waals surface area contributed by atoms with Gasteiger partial charge >= 0.3 is 17.3 Å². The van der Waals surface area contributed by atoms with Crippen molar-refractivity contribution < 1.29 is 19.2 Å². The van der Waals surface area contributed by atoms with Gasteiger partial charge in [0.25, 0.3) is 5.56 Å². The average Bonchev–Trinajstić information content (AvgIpc) is 2.71. The molecule has 11 nitrogen and oxygen atoms in total. The summed E-state index contributed by atoms with van der Waals surface area (Å²) in [5.74, 6) is -1.07. The van der Waals surface area contributed by atoms with Gasteiger partial charge in [0.15, 0.2) is 6.61 Å². The molecular formula is C20H17ClN4O7.